The lowest BCUT2D eigenvalue weighted by atomic mass is 9.96. The van der Waals surface area contributed by atoms with Crippen LogP contribution >= 0.6 is 0 Å². The minimum Gasteiger partial charge on any atom is -0.394 e. The van der Waals surface area contributed by atoms with Crippen molar-refractivity contribution < 1.29 is 89.4 Å². The standard InChI is InChI=1S/C67H127NO18/c1-3-5-7-9-11-13-14-15-16-17-18-19-20-21-22-23-24-25-26-27-28-29-30-31-32-33-34-35-37-38-40-42-44-51(72)50(68-55(73)45-43-41-39-36-12-10-8-6-4-2)49-81-65-61(79)58(76)63(53(47-70)83-65)86-67-62(80)59(77)64(54(48-71)84-67)85-66-60(78)57(75)56(74)52(46-69)82-66/h42,44,50-54,56-67,69-72,74-80H,3-41,43,45-49H2,1-2H3,(H,68,73)/b44-42+. The summed E-state index contributed by atoms with van der Waals surface area (Å²) in [5, 5.41) is 120. The van der Waals surface area contributed by atoms with E-state index in [1.807, 2.05) is 6.08 Å². The molecule has 17 unspecified atom stereocenters. The quantitative estimate of drug-likeness (QED) is 0.0200. The highest BCUT2D eigenvalue weighted by Crippen LogP contribution is 2.33. The van der Waals surface area contributed by atoms with E-state index >= 15 is 0 Å². The van der Waals surface area contributed by atoms with Crippen molar-refractivity contribution in [3.05, 3.63) is 12.2 Å². The number of carbonyl (C=O) groups excluding carboxylic acids is 1. The van der Waals surface area contributed by atoms with E-state index < -0.39 is 124 Å². The van der Waals surface area contributed by atoms with E-state index in [1.165, 1.54) is 205 Å². The molecule has 86 heavy (non-hydrogen) atoms. The van der Waals surface area contributed by atoms with Gasteiger partial charge < -0.3 is 89.9 Å². The summed E-state index contributed by atoms with van der Waals surface area (Å²) in [6.07, 6.45) is 28.1. The van der Waals surface area contributed by atoms with Gasteiger partial charge in [0.2, 0.25) is 5.91 Å². The van der Waals surface area contributed by atoms with E-state index in [9.17, 15) is 61.0 Å². The molecule has 3 fully saturated rings. The fourth-order valence-electron chi connectivity index (χ4n) is 12.1. The summed E-state index contributed by atoms with van der Waals surface area (Å²) in [6.45, 7) is 1.72. The zero-order valence-corrected chi connectivity index (χ0v) is 53.6. The van der Waals surface area contributed by atoms with Gasteiger partial charge in [-0.3, -0.25) is 4.79 Å². The van der Waals surface area contributed by atoms with E-state index in [0.29, 0.717) is 6.42 Å². The van der Waals surface area contributed by atoms with Crippen LogP contribution < -0.4 is 5.32 Å². The number of hydrogen-bond donors (Lipinski definition) is 12. The molecular weight excluding hydrogens is 1110 g/mol. The van der Waals surface area contributed by atoms with Gasteiger partial charge in [0, 0.05) is 6.42 Å². The third-order valence-electron chi connectivity index (χ3n) is 17.8. The maximum Gasteiger partial charge on any atom is 0.220 e. The number of aliphatic hydroxyl groups excluding tert-OH is 11. The van der Waals surface area contributed by atoms with Crippen molar-refractivity contribution in [3.8, 4) is 0 Å². The van der Waals surface area contributed by atoms with Crippen LogP contribution in [-0.4, -0.2) is 193 Å². The number of amides is 1. The molecule has 0 aliphatic carbocycles. The van der Waals surface area contributed by atoms with Crippen LogP contribution in [0.4, 0.5) is 0 Å². The number of nitrogens with one attached hydrogen (secondary N) is 1. The van der Waals surface area contributed by atoms with Crippen LogP contribution in [-0.2, 0) is 33.2 Å². The zero-order valence-electron chi connectivity index (χ0n) is 53.6. The van der Waals surface area contributed by atoms with Gasteiger partial charge in [0.1, 0.15) is 73.2 Å². The molecule has 0 radical (unpaired) electrons. The number of allylic oxidation sites excluding steroid dienone is 1. The van der Waals surface area contributed by atoms with Crippen LogP contribution in [0, 0.1) is 0 Å². The molecule has 3 saturated heterocycles. The summed E-state index contributed by atoms with van der Waals surface area (Å²) in [6, 6.07) is -0.967. The number of carbonyl (C=O) groups is 1. The summed E-state index contributed by atoms with van der Waals surface area (Å²) in [5.74, 6) is -0.276. The highest BCUT2D eigenvalue weighted by atomic mass is 16.8. The van der Waals surface area contributed by atoms with Crippen molar-refractivity contribution >= 4 is 5.91 Å². The lowest BCUT2D eigenvalue weighted by molar-refractivity contribution is -0.379. The smallest absolute Gasteiger partial charge is 0.220 e. The van der Waals surface area contributed by atoms with Crippen LogP contribution in [0.3, 0.4) is 0 Å². The molecule has 0 saturated carbocycles. The Labute approximate surface area is 518 Å². The van der Waals surface area contributed by atoms with Gasteiger partial charge in [-0.1, -0.05) is 264 Å². The molecule has 1 amide bonds. The summed E-state index contributed by atoms with van der Waals surface area (Å²) >= 11 is 0. The molecule has 19 nitrogen and oxygen atoms in total. The highest BCUT2D eigenvalue weighted by Gasteiger charge is 2.53. The van der Waals surface area contributed by atoms with Crippen LogP contribution in [0.5, 0.6) is 0 Å². The third kappa shape index (κ3) is 32.2. The summed E-state index contributed by atoms with van der Waals surface area (Å²) in [4.78, 5) is 13.3. The SMILES string of the molecule is CCCCCCCCCCCCCCCCCCCCCCCCCCCCCCCC/C=C/C(O)C(COC1OC(CO)C(OC2OC(CO)C(OC3OC(CO)C(O)C(O)C3O)C(O)C2O)C(O)C1O)NC(=O)CCCCCCCCCCC. The van der Waals surface area contributed by atoms with Crippen LogP contribution in [0.15, 0.2) is 12.2 Å². The first kappa shape index (κ1) is 78.8. The van der Waals surface area contributed by atoms with Crippen molar-refractivity contribution in [2.45, 2.75) is 381 Å². The molecule has 3 aliphatic heterocycles. The largest absolute Gasteiger partial charge is 0.394 e. The molecule has 19 heteroatoms. The van der Waals surface area contributed by atoms with Crippen molar-refractivity contribution in [3.63, 3.8) is 0 Å². The van der Waals surface area contributed by atoms with Gasteiger partial charge in [-0.15, -0.1) is 0 Å². The van der Waals surface area contributed by atoms with Crippen molar-refractivity contribution in [2.24, 2.45) is 0 Å². The highest BCUT2D eigenvalue weighted by molar-refractivity contribution is 5.76. The van der Waals surface area contributed by atoms with Crippen molar-refractivity contribution in [1.29, 1.82) is 0 Å². The lowest BCUT2D eigenvalue weighted by Gasteiger charge is -2.48. The number of unbranched alkanes of at least 4 members (excludes halogenated alkanes) is 38. The maximum atomic E-state index is 13.3. The monoisotopic (exact) mass is 1230 g/mol. The molecule has 3 rings (SSSR count). The minimum absolute atomic E-state index is 0.247. The summed E-state index contributed by atoms with van der Waals surface area (Å²) in [5.41, 5.74) is 0. The number of ether oxygens (including phenoxy) is 6. The molecule has 508 valence electrons. The molecule has 17 atom stereocenters. The summed E-state index contributed by atoms with van der Waals surface area (Å²) < 4.78 is 34.3. The Morgan fingerprint density at radius 3 is 1.09 bits per heavy atom. The van der Waals surface area contributed by atoms with Crippen LogP contribution in [0.1, 0.15) is 277 Å². The zero-order chi connectivity index (χ0) is 62.6. The van der Waals surface area contributed by atoms with Crippen LogP contribution in [0.25, 0.3) is 0 Å². The fraction of sp³-hybridized carbons (Fsp3) is 0.955. The average Bonchev–Trinajstić information content (AvgIpc) is 1.38. The molecule has 0 aromatic carbocycles. The Balaban J connectivity index is 1.34. The predicted octanol–water partition coefficient (Wildman–Crippen LogP) is 8.89. The third-order valence-corrected chi connectivity index (χ3v) is 17.8. The Kier molecular flexibility index (Phi) is 45.9. The Morgan fingerprint density at radius 1 is 0.407 bits per heavy atom. The molecule has 12 N–H and O–H groups in total. The first-order valence-corrected chi connectivity index (χ1v) is 34.9. The Bertz CT molecular complexity index is 1620. The van der Waals surface area contributed by atoms with E-state index in [-0.39, 0.29) is 18.9 Å². The first-order valence-electron chi connectivity index (χ1n) is 34.9. The molecule has 0 aromatic heterocycles. The second kappa shape index (κ2) is 50.1. The number of aliphatic hydroxyl groups is 11. The van der Waals surface area contributed by atoms with Gasteiger partial charge >= 0.3 is 0 Å². The van der Waals surface area contributed by atoms with Gasteiger partial charge in [0.15, 0.2) is 18.9 Å². The molecule has 0 spiro atoms. The minimum atomic E-state index is -1.97. The van der Waals surface area contributed by atoms with E-state index in [2.05, 4.69) is 19.2 Å². The van der Waals surface area contributed by atoms with E-state index in [4.69, 9.17) is 28.4 Å². The van der Waals surface area contributed by atoms with Gasteiger partial charge in [0.05, 0.1) is 38.6 Å². The van der Waals surface area contributed by atoms with E-state index in [0.717, 1.165) is 44.9 Å². The fourth-order valence-corrected chi connectivity index (χ4v) is 12.1. The van der Waals surface area contributed by atoms with Gasteiger partial charge in [-0.25, -0.2) is 0 Å². The lowest BCUT2D eigenvalue weighted by Crippen LogP contribution is -2.66. The molecular formula is C67H127NO18. The summed E-state index contributed by atoms with van der Waals surface area (Å²) in [7, 11) is 0. The molecule has 3 aliphatic rings. The van der Waals surface area contributed by atoms with Crippen molar-refractivity contribution in [1.82, 2.24) is 5.32 Å². The second-order valence-corrected chi connectivity index (χ2v) is 25.4. The maximum absolute atomic E-state index is 13.3. The van der Waals surface area contributed by atoms with Crippen LogP contribution in [0.2, 0.25) is 0 Å². The number of hydrogen-bond acceptors (Lipinski definition) is 18. The van der Waals surface area contributed by atoms with Crippen molar-refractivity contribution in [2.75, 3.05) is 26.4 Å². The molecule has 3 heterocycles. The normalized spacial score (nSPS) is 28.8. The average molecular weight is 1230 g/mol. The molecule has 0 aromatic rings. The van der Waals surface area contributed by atoms with Gasteiger partial charge in [-0.05, 0) is 19.3 Å². The van der Waals surface area contributed by atoms with E-state index in [1.54, 1.807) is 6.08 Å². The molecule has 0 bridgehead atoms. The van der Waals surface area contributed by atoms with Gasteiger partial charge in [-0.2, -0.15) is 0 Å². The predicted molar refractivity (Wildman–Crippen MR) is 333 cm³/mol. The Morgan fingerprint density at radius 2 is 0.721 bits per heavy atom. The Hall–Kier alpha value is -1.47. The number of rotatable bonds is 54. The van der Waals surface area contributed by atoms with Gasteiger partial charge in [0.25, 0.3) is 0 Å². The first-order chi connectivity index (χ1) is 41.8. The second-order valence-electron chi connectivity index (χ2n) is 25.4. The topological polar surface area (TPSA) is 307 Å².